The highest BCUT2D eigenvalue weighted by molar-refractivity contribution is 7.99. The molecule has 0 saturated heterocycles. The third-order valence-electron chi connectivity index (χ3n) is 4.70. The number of amides is 1. The zero-order valence-electron chi connectivity index (χ0n) is 17.1. The van der Waals surface area contributed by atoms with E-state index >= 15 is 0 Å². The van der Waals surface area contributed by atoms with E-state index in [2.05, 4.69) is 0 Å². The third-order valence-corrected chi connectivity index (χ3v) is 6.07. The zero-order chi connectivity index (χ0) is 21.0. The molecule has 1 amide bonds. The Morgan fingerprint density at radius 1 is 1.14 bits per heavy atom. The number of nitrogens with zero attached hydrogens (tertiary/aromatic N) is 2. The average Bonchev–Trinajstić information content (AvgIpc) is 2.81. The monoisotopic (exact) mass is 414 g/mol. The number of carbonyl (C=O) groups excluding carboxylic acids is 2. The summed E-state index contributed by atoms with van der Waals surface area (Å²) in [7, 11) is 5.54. The lowest BCUT2D eigenvalue weighted by Crippen LogP contribution is -2.45. The molecule has 1 aliphatic heterocycles. The maximum atomic E-state index is 13.6. The Morgan fingerprint density at radius 2 is 1.83 bits per heavy atom. The minimum absolute atomic E-state index is 0.208. The van der Waals surface area contributed by atoms with Gasteiger partial charge in [0, 0.05) is 24.9 Å². The van der Waals surface area contributed by atoms with E-state index in [-0.39, 0.29) is 11.2 Å². The van der Waals surface area contributed by atoms with Crippen LogP contribution in [0.5, 0.6) is 5.75 Å². The quantitative estimate of drug-likeness (QED) is 0.676. The second-order valence-electron chi connectivity index (χ2n) is 7.10. The largest absolute Gasteiger partial charge is 0.497 e. The Morgan fingerprint density at radius 3 is 2.45 bits per heavy atom. The van der Waals surface area contributed by atoms with Crippen molar-refractivity contribution in [3.05, 3.63) is 54.1 Å². The van der Waals surface area contributed by atoms with Crippen molar-refractivity contribution in [2.45, 2.75) is 23.2 Å². The Kier molecular flexibility index (Phi) is 6.82. The lowest BCUT2D eigenvalue weighted by molar-refractivity contribution is -0.152. The number of para-hydroxylation sites is 1. The first-order valence-electron chi connectivity index (χ1n) is 9.43. The molecule has 2 atom stereocenters. The first kappa shape index (κ1) is 21.2. The van der Waals surface area contributed by atoms with Crippen molar-refractivity contribution in [3.8, 4) is 5.75 Å². The summed E-state index contributed by atoms with van der Waals surface area (Å²) in [4.78, 5) is 30.2. The molecule has 0 spiro atoms. The van der Waals surface area contributed by atoms with Crippen LogP contribution in [-0.2, 0) is 14.3 Å². The molecule has 29 heavy (non-hydrogen) atoms. The van der Waals surface area contributed by atoms with Crippen LogP contribution in [0.25, 0.3) is 0 Å². The van der Waals surface area contributed by atoms with Crippen LogP contribution in [0.15, 0.2) is 53.4 Å². The molecule has 0 N–H and O–H groups in total. The number of methoxy groups -OCH3 is 1. The van der Waals surface area contributed by atoms with E-state index in [0.29, 0.717) is 13.1 Å². The van der Waals surface area contributed by atoms with Gasteiger partial charge in [0.05, 0.1) is 18.0 Å². The van der Waals surface area contributed by atoms with E-state index in [0.717, 1.165) is 21.9 Å². The van der Waals surface area contributed by atoms with Gasteiger partial charge in [0.15, 0.2) is 6.10 Å². The molecule has 0 aromatic heterocycles. The lowest BCUT2D eigenvalue weighted by Gasteiger charge is -2.28. The van der Waals surface area contributed by atoms with Crippen LogP contribution >= 0.6 is 11.8 Å². The van der Waals surface area contributed by atoms with Crippen molar-refractivity contribution in [1.29, 1.82) is 0 Å². The molecule has 1 heterocycles. The van der Waals surface area contributed by atoms with Gasteiger partial charge in [-0.3, -0.25) is 9.59 Å². The fourth-order valence-electron chi connectivity index (χ4n) is 3.24. The summed E-state index contributed by atoms with van der Waals surface area (Å²) in [6.45, 7) is 2.55. The fourth-order valence-corrected chi connectivity index (χ4v) is 4.56. The smallest absolute Gasteiger partial charge is 0.303 e. The van der Waals surface area contributed by atoms with Gasteiger partial charge in [-0.05, 0) is 43.9 Å². The van der Waals surface area contributed by atoms with Gasteiger partial charge in [-0.2, -0.15) is 0 Å². The number of likely N-dealkylation sites (N-methyl/N-ethyl adjacent to an activating group) is 1. The number of fused-ring (bicyclic) bond motifs is 1. The highest BCUT2D eigenvalue weighted by Gasteiger charge is 2.40. The standard InChI is InChI=1S/C22H26N2O4S/c1-15(25)28-20-21(16-9-11-17(27-4)12-10-16)29-19-8-6-5-7-18(19)24(22(20)26)14-13-23(2)3/h5-12,20-21H,13-14H2,1-4H3/t20-,21-/m1/s1. The number of carbonyl (C=O) groups is 2. The number of anilines is 1. The predicted octanol–water partition coefficient (Wildman–Crippen LogP) is 3.37. The predicted molar refractivity (Wildman–Crippen MR) is 114 cm³/mol. The van der Waals surface area contributed by atoms with Crippen LogP contribution in [0.1, 0.15) is 17.7 Å². The first-order chi connectivity index (χ1) is 13.9. The molecule has 0 radical (unpaired) electrons. The topological polar surface area (TPSA) is 59.1 Å². The number of rotatable bonds is 6. The van der Waals surface area contributed by atoms with Crippen molar-refractivity contribution in [2.24, 2.45) is 0 Å². The molecule has 0 bridgehead atoms. The third kappa shape index (κ3) is 4.92. The summed E-state index contributed by atoms with van der Waals surface area (Å²) >= 11 is 1.54. The SMILES string of the molecule is COc1ccc([C@H]2Sc3ccccc3N(CCN(C)C)C(=O)[C@@H]2OC(C)=O)cc1. The molecule has 2 aromatic rings. The van der Waals surface area contributed by atoms with Gasteiger partial charge in [0.1, 0.15) is 5.75 Å². The Bertz CT molecular complexity index is 869. The molecule has 6 nitrogen and oxygen atoms in total. The minimum Gasteiger partial charge on any atom is -0.497 e. The van der Waals surface area contributed by atoms with Crippen LogP contribution in [0.3, 0.4) is 0 Å². The number of benzene rings is 2. The normalized spacial score (nSPS) is 18.9. The summed E-state index contributed by atoms with van der Waals surface area (Å²) in [5.74, 6) is 0.0528. The van der Waals surface area contributed by atoms with Crippen molar-refractivity contribution in [2.75, 3.05) is 39.2 Å². The van der Waals surface area contributed by atoms with Gasteiger partial charge < -0.3 is 19.3 Å². The minimum atomic E-state index is -0.916. The lowest BCUT2D eigenvalue weighted by atomic mass is 10.1. The summed E-state index contributed by atoms with van der Waals surface area (Å²) in [6.07, 6.45) is -0.916. The van der Waals surface area contributed by atoms with Crippen molar-refractivity contribution in [1.82, 2.24) is 4.90 Å². The van der Waals surface area contributed by atoms with E-state index in [1.807, 2.05) is 67.5 Å². The van der Waals surface area contributed by atoms with Crippen molar-refractivity contribution >= 4 is 29.3 Å². The number of thioether (sulfide) groups is 1. The first-order valence-corrected chi connectivity index (χ1v) is 10.3. The van der Waals surface area contributed by atoms with E-state index < -0.39 is 12.1 Å². The average molecular weight is 415 g/mol. The molecule has 2 aromatic carbocycles. The molecule has 154 valence electrons. The van der Waals surface area contributed by atoms with Crippen LogP contribution in [-0.4, -0.2) is 57.2 Å². The highest BCUT2D eigenvalue weighted by Crippen LogP contribution is 2.46. The summed E-state index contributed by atoms with van der Waals surface area (Å²) in [5, 5.41) is -0.359. The Hall–Kier alpha value is -2.51. The van der Waals surface area contributed by atoms with E-state index in [9.17, 15) is 9.59 Å². The van der Waals surface area contributed by atoms with E-state index in [1.54, 1.807) is 23.8 Å². The van der Waals surface area contributed by atoms with Gasteiger partial charge in [-0.15, -0.1) is 11.8 Å². The van der Waals surface area contributed by atoms with Crippen LogP contribution in [0.4, 0.5) is 5.69 Å². The molecule has 3 rings (SSSR count). The number of hydrogen-bond donors (Lipinski definition) is 0. The number of hydrogen-bond acceptors (Lipinski definition) is 6. The summed E-state index contributed by atoms with van der Waals surface area (Å²) < 4.78 is 10.8. The Labute approximate surface area is 175 Å². The van der Waals surface area contributed by atoms with Crippen molar-refractivity contribution < 1.29 is 19.1 Å². The van der Waals surface area contributed by atoms with Crippen molar-refractivity contribution in [3.63, 3.8) is 0 Å². The maximum Gasteiger partial charge on any atom is 0.303 e. The van der Waals surface area contributed by atoms with Crippen LogP contribution < -0.4 is 9.64 Å². The second kappa shape index (κ2) is 9.33. The molecule has 0 saturated carbocycles. The fraction of sp³-hybridized carbons (Fsp3) is 0.364. The number of ether oxygens (including phenoxy) is 2. The second-order valence-corrected chi connectivity index (χ2v) is 8.29. The Balaban J connectivity index is 2.06. The van der Waals surface area contributed by atoms with Gasteiger partial charge >= 0.3 is 5.97 Å². The zero-order valence-corrected chi connectivity index (χ0v) is 17.9. The molecule has 0 aliphatic carbocycles. The van der Waals surface area contributed by atoms with Crippen LogP contribution in [0.2, 0.25) is 0 Å². The highest BCUT2D eigenvalue weighted by atomic mass is 32.2. The van der Waals surface area contributed by atoms with Gasteiger partial charge in [0.2, 0.25) is 0 Å². The molecule has 0 fully saturated rings. The number of esters is 1. The maximum absolute atomic E-state index is 13.6. The summed E-state index contributed by atoms with van der Waals surface area (Å²) in [5.41, 5.74) is 1.75. The van der Waals surface area contributed by atoms with Gasteiger partial charge in [0.25, 0.3) is 5.91 Å². The van der Waals surface area contributed by atoms with Gasteiger partial charge in [-0.1, -0.05) is 24.3 Å². The van der Waals surface area contributed by atoms with Crippen LogP contribution in [0, 0.1) is 0 Å². The molecule has 0 unspecified atom stereocenters. The molecule has 1 aliphatic rings. The van der Waals surface area contributed by atoms with E-state index in [4.69, 9.17) is 9.47 Å². The summed E-state index contributed by atoms with van der Waals surface area (Å²) in [6, 6.07) is 15.4. The van der Waals surface area contributed by atoms with Gasteiger partial charge in [-0.25, -0.2) is 0 Å². The van der Waals surface area contributed by atoms with E-state index in [1.165, 1.54) is 6.92 Å². The molecular formula is C22H26N2O4S. The molecule has 7 heteroatoms. The molecular weight excluding hydrogens is 388 g/mol.